The summed E-state index contributed by atoms with van der Waals surface area (Å²) in [6.45, 7) is 2.53. The zero-order chi connectivity index (χ0) is 12.0. The van der Waals surface area contributed by atoms with E-state index in [-0.39, 0.29) is 5.76 Å². The first-order chi connectivity index (χ1) is 7.69. The Morgan fingerprint density at radius 2 is 2.44 bits per heavy atom. The van der Waals surface area contributed by atoms with Gasteiger partial charge in [-0.2, -0.15) is 11.8 Å². The van der Waals surface area contributed by atoms with E-state index in [1.165, 1.54) is 0 Å². The third-order valence-corrected chi connectivity index (χ3v) is 2.93. The number of thioether (sulfide) groups is 1. The van der Waals surface area contributed by atoms with Crippen LogP contribution in [0.5, 0.6) is 0 Å². The maximum Gasteiger partial charge on any atom is 0.301 e. The zero-order valence-electron chi connectivity index (χ0n) is 9.41. The largest absolute Gasteiger partial charge is 0.455 e. The number of hydrogen-bond acceptors (Lipinski definition) is 5. The van der Waals surface area contributed by atoms with Gasteiger partial charge in [0.1, 0.15) is 5.76 Å². The van der Waals surface area contributed by atoms with Crippen molar-refractivity contribution in [2.24, 2.45) is 5.84 Å². The van der Waals surface area contributed by atoms with Crippen LogP contribution in [-0.2, 0) is 10.5 Å². The van der Waals surface area contributed by atoms with Gasteiger partial charge in [0.15, 0.2) is 5.76 Å². The molecule has 1 amide bonds. The zero-order valence-corrected chi connectivity index (χ0v) is 10.2. The number of nitrogens with two attached hydrogens (primary N) is 1. The number of amides is 1. The Labute approximate surface area is 98.7 Å². The summed E-state index contributed by atoms with van der Waals surface area (Å²) in [5, 5.41) is 0. The SMILES string of the molecule is COCCSCc1cc(C)c(C(=O)NN)o1. The van der Waals surface area contributed by atoms with Crippen LogP contribution in [0, 0.1) is 6.92 Å². The smallest absolute Gasteiger partial charge is 0.301 e. The minimum Gasteiger partial charge on any atom is -0.455 e. The van der Waals surface area contributed by atoms with Crippen LogP contribution in [-0.4, -0.2) is 25.4 Å². The van der Waals surface area contributed by atoms with E-state index >= 15 is 0 Å². The second-order valence-corrected chi connectivity index (χ2v) is 4.35. The van der Waals surface area contributed by atoms with Gasteiger partial charge in [-0.25, -0.2) is 5.84 Å². The molecule has 0 radical (unpaired) electrons. The third kappa shape index (κ3) is 3.55. The quantitative estimate of drug-likeness (QED) is 0.339. The topological polar surface area (TPSA) is 77.5 Å². The molecule has 0 aliphatic heterocycles. The Balaban J connectivity index is 2.52. The predicted molar refractivity (Wildman–Crippen MR) is 63.1 cm³/mol. The molecule has 0 aromatic carbocycles. The first kappa shape index (κ1) is 13.1. The van der Waals surface area contributed by atoms with E-state index in [4.69, 9.17) is 15.0 Å². The van der Waals surface area contributed by atoms with Crippen LogP contribution in [0.15, 0.2) is 10.5 Å². The first-order valence-electron chi connectivity index (χ1n) is 4.86. The molecular formula is C10H16N2O3S. The summed E-state index contributed by atoms with van der Waals surface area (Å²) >= 11 is 1.69. The fraction of sp³-hybridized carbons (Fsp3) is 0.500. The minimum absolute atomic E-state index is 0.282. The maximum atomic E-state index is 11.3. The second kappa shape index (κ2) is 6.57. The van der Waals surface area contributed by atoms with Crippen LogP contribution < -0.4 is 11.3 Å². The molecule has 0 saturated carbocycles. The lowest BCUT2D eigenvalue weighted by molar-refractivity contribution is 0.0923. The summed E-state index contributed by atoms with van der Waals surface area (Å²) in [6, 6.07) is 1.85. The molecular weight excluding hydrogens is 228 g/mol. The number of furan rings is 1. The van der Waals surface area contributed by atoms with Crippen molar-refractivity contribution in [3.8, 4) is 0 Å². The summed E-state index contributed by atoms with van der Waals surface area (Å²) in [5.74, 6) is 7.32. The van der Waals surface area contributed by atoms with E-state index in [2.05, 4.69) is 5.43 Å². The second-order valence-electron chi connectivity index (χ2n) is 3.24. The summed E-state index contributed by atoms with van der Waals surface area (Å²) in [4.78, 5) is 11.3. The van der Waals surface area contributed by atoms with Gasteiger partial charge >= 0.3 is 5.91 Å². The van der Waals surface area contributed by atoms with E-state index in [0.29, 0.717) is 6.61 Å². The lowest BCUT2D eigenvalue weighted by Crippen LogP contribution is -2.30. The number of carbonyl (C=O) groups is 1. The molecule has 0 aliphatic rings. The van der Waals surface area contributed by atoms with Gasteiger partial charge in [-0.3, -0.25) is 10.2 Å². The molecule has 5 nitrogen and oxygen atoms in total. The average Bonchev–Trinajstić information content (AvgIpc) is 2.65. The van der Waals surface area contributed by atoms with Gasteiger partial charge in [0.05, 0.1) is 12.4 Å². The Morgan fingerprint density at radius 1 is 1.69 bits per heavy atom. The van der Waals surface area contributed by atoms with Crippen molar-refractivity contribution in [1.29, 1.82) is 0 Å². The molecule has 0 bridgehead atoms. The van der Waals surface area contributed by atoms with Crippen molar-refractivity contribution in [1.82, 2.24) is 5.43 Å². The molecule has 90 valence electrons. The van der Waals surface area contributed by atoms with Crippen LogP contribution in [0.1, 0.15) is 21.9 Å². The molecule has 0 spiro atoms. The Kier molecular flexibility index (Phi) is 5.37. The number of rotatable bonds is 6. The van der Waals surface area contributed by atoms with Gasteiger partial charge in [0, 0.05) is 18.4 Å². The lowest BCUT2D eigenvalue weighted by atomic mass is 10.2. The first-order valence-corrected chi connectivity index (χ1v) is 6.01. The monoisotopic (exact) mass is 244 g/mol. The third-order valence-electron chi connectivity index (χ3n) is 1.98. The molecule has 0 fully saturated rings. The van der Waals surface area contributed by atoms with Gasteiger partial charge in [0.25, 0.3) is 0 Å². The fourth-order valence-corrected chi connectivity index (χ4v) is 2.00. The molecule has 3 N–H and O–H groups in total. The summed E-state index contributed by atoms with van der Waals surface area (Å²) in [6.07, 6.45) is 0. The van der Waals surface area contributed by atoms with E-state index in [1.807, 2.05) is 13.0 Å². The average molecular weight is 244 g/mol. The Morgan fingerprint density at radius 3 is 3.06 bits per heavy atom. The molecule has 0 atom stereocenters. The van der Waals surface area contributed by atoms with Crippen LogP contribution in [0.4, 0.5) is 0 Å². The number of nitrogens with one attached hydrogen (secondary N) is 1. The number of nitrogen functional groups attached to an aromatic ring is 1. The highest BCUT2D eigenvalue weighted by atomic mass is 32.2. The van der Waals surface area contributed by atoms with E-state index in [0.717, 1.165) is 22.8 Å². The molecule has 0 saturated heterocycles. The Hall–Kier alpha value is -0.980. The van der Waals surface area contributed by atoms with Crippen molar-refractivity contribution < 1.29 is 13.9 Å². The van der Waals surface area contributed by atoms with Crippen molar-refractivity contribution >= 4 is 17.7 Å². The standard InChI is InChI=1S/C10H16N2O3S/c1-7-5-8(6-16-4-3-14-2)15-9(7)10(13)12-11/h5H,3-4,6,11H2,1-2H3,(H,12,13). The van der Waals surface area contributed by atoms with Crippen LogP contribution in [0.25, 0.3) is 0 Å². The van der Waals surface area contributed by atoms with Gasteiger partial charge in [-0.1, -0.05) is 0 Å². The minimum atomic E-state index is -0.398. The molecule has 1 aromatic rings. The number of methoxy groups -OCH3 is 1. The summed E-state index contributed by atoms with van der Waals surface area (Å²) in [7, 11) is 1.67. The molecule has 16 heavy (non-hydrogen) atoms. The van der Waals surface area contributed by atoms with Crippen LogP contribution in [0.3, 0.4) is 0 Å². The molecule has 0 unspecified atom stereocenters. The van der Waals surface area contributed by atoms with Gasteiger partial charge in [0.2, 0.25) is 0 Å². The molecule has 1 aromatic heterocycles. The highest BCUT2D eigenvalue weighted by Gasteiger charge is 2.14. The summed E-state index contributed by atoms with van der Waals surface area (Å²) in [5.41, 5.74) is 2.85. The molecule has 1 heterocycles. The van der Waals surface area contributed by atoms with Crippen LogP contribution >= 0.6 is 11.8 Å². The molecule has 6 heteroatoms. The normalized spacial score (nSPS) is 10.4. The molecule has 1 rings (SSSR count). The lowest BCUT2D eigenvalue weighted by Gasteiger charge is -1.98. The number of ether oxygens (including phenoxy) is 1. The van der Waals surface area contributed by atoms with E-state index < -0.39 is 5.91 Å². The van der Waals surface area contributed by atoms with Crippen molar-refractivity contribution in [3.05, 3.63) is 23.2 Å². The van der Waals surface area contributed by atoms with Crippen molar-refractivity contribution in [2.75, 3.05) is 19.5 Å². The highest BCUT2D eigenvalue weighted by molar-refractivity contribution is 7.98. The van der Waals surface area contributed by atoms with Crippen molar-refractivity contribution in [3.63, 3.8) is 0 Å². The number of hydrazine groups is 1. The van der Waals surface area contributed by atoms with Crippen molar-refractivity contribution in [2.45, 2.75) is 12.7 Å². The highest BCUT2D eigenvalue weighted by Crippen LogP contribution is 2.19. The van der Waals surface area contributed by atoms with Crippen LogP contribution in [0.2, 0.25) is 0 Å². The van der Waals surface area contributed by atoms with E-state index in [9.17, 15) is 4.79 Å². The number of hydrogen-bond donors (Lipinski definition) is 2. The number of aryl methyl sites for hydroxylation is 1. The summed E-state index contributed by atoms with van der Waals surface area (Å²) < 4.78 is 10.3. The van der Waals surface area contributed by atoms with Gasteiger partial charge in [-0.05, 0) is 13.0 Å². The maximum absolute atomic E-state index is 11.3. The number of carbonyl (C=O) groups excluding carboxylic acids is 1. The Bertz CT molecular complexity index is 352. The predicted octanol–water partition coefficient (Wildman–Crippen LogP) is 1.07. The fourth-order valence-electron chi connectivity index (χ4n) is 1.23. The van der Waals surface area contributed by atoms with Gasteiger partial charge < -0.3 is 9.15 Å². The van der Waals surface area contributed by atoms with Gasteiger partial charge in [-0.15, -0.1) is 0 Å². The van der Waals surface area contributed by atoms with E-state index in [1.54, 1.807) is 18.9 Å². The molecule has 0 aliphatic carbocycles.